The summed E-state index contributed by atoms with van der Waals surface area (Å²) in [4.78, 5) is 63.9. The van der Waals surface area contributed by atoms with Crippen molar-refractivity contribution in [1.29, 1.82) is 0 Å². The van der Waals surface area contributed by atoms with Gasteiger partial charge in [-0.2, -0.15) is 5.10 Å². The van der Waals surface area contributed by atoms with E-state index in [9.17, 15) is 28.8 Å². The zero-order valence-corrected chi connectivity index (χ0v) is 39.0. The molecule has 0 saturated heterocycles. The summed E-state index contributed by atoms with van der Waals surface area (Å²) in [7, 11) is 3.71. The normalized spacial score (nSPS) is 11.1. The zero-order chi connectivity index (χ0) is 47.7. The lowest BCUT2D eigenvalue weighted by molar-refractivity contribution is -0.107. The molecule has 0 aromatic carbocycles. The molecule has 0 atom stereocenters. The number of nitrogens with two attached hydrogens (primary N) is 1. The van der Waals surface area contributed by atoms with Crippen molar-refractivity contribution in [3.8, 4) is 0 Å². The molecule has 0 heterocycles. The molecule has 0 fully saturated rings. The predicted molar refractivity (Wildman–Crippen MR) is 236 cm³/mol. The second-order valence-corrected chi connectivity index (χ2v) is 16.3. The van der Waals surface area contributed by atoms with Crippen molar-refractivity contribution in [2.24, 2.45) is 10.8 Å². The molecule has 0 radical (unpaired) electrons. The lowest BCUT2D eigenvalue weighted by atomic mass is 10.2. The highest BCUT2D eigenvalue weighted by molar-refractivity contribution is 5.71. The van der Waals surface area contributed by atoms with E-state index >= 15 is 0 Å². The van der Waals surface area contributed by atoms with Gasteiger partial charge in [0.25, 0.3) is 0 Å². The van der Waals surface area contributed by atoms with Gasteiger partial charge in [-0.3, -0.25) is 4.79 Å². The molecule has 352 valence electrons. The van der Waals surface area contributed by atoms with Crippen LogP contribution in [0.15, 0.2) is 29.4 Å². The summed E-state index contributed by atoms with van der Waals surface area (Å²) in [6.45, 7) is 24.4. The van der Waals surface area contributed by atoms with Crippen LogP contribution in [-0.4, -0.2) is 141 Å². The average Bonchev–Trinajstić information content (AvgIpc) is 3.06. The van der Waals surface area contributed by atoms with Crippen LogP contribution in [0.1, 0.15) is 115 Å². The number of carbonyl (C=O) groups is 6. The molecule has 0 aliphatic carbocycles. The van der Waals surface area contributed by atoms with E-state index in [1.165, 1.54) is 6.08 Å². The molecule has 0 aromatic heterocycles. The molecule has 60 heavy (non-hydrogen) atoms. The first-order valence-electron chi connectivity index (χ1n) is 19.8. The van der Waals surface area contributed by atoms with E-state index in [2.05, 4.69) is 26.4 Å². The number of rotatable bonds is 17. The number of amides is 4. The molecule has 4 amide bonds. The number of aldehydes is 2. The van der Waals surface area contributed by atoms with Crippen molar-refractivity contribution in [2.75, 3.05) is 60.0 Å². The van der Waals surface area contributed by atoms with E-state index in [0.717, 1.165) is 19.1 Å². The van der Waals surface area contributed by atoms with Crippen molar-refractivity contribution in [1.82, 2.24) is 26.3 Å². The fourth-order valence-corrected chi connectivity index (χ4v) is 2.85. The molecule has 0 aromatic rings. The van der Waals surface area contributed by atoms with Gasteiger partial charge in [-0.15, -0.1) is 0 Å². The summed E-state index contributed by atoms with van der Waals surface area (Å²) in [6.07, 6.45) is 11.3. The van der Waals surface area contributed by atoms with E-state index < -0.39 is 40.7 Å². The maximum atomic E-state index is 11.2. The highest BCUT2D eigenvalue weighted by Gasteiger charge is 2.17. The van der Waals surface area contributed by atoms with E-state index in [1.54, 1.807) is 79.6 Å². The third kappa shape index (κ3) is 74.2. The number of nitrogens with zero attached hydrogens (tertiary/aromatic N) is 2. The highest BCUT2D eigenvalue weighted by Crippen LogP contribution is 2.08. The first-order chi connectivity index (χ1) is 27.6. The summed E-state index contributed by atoms with van der Waals surface area (Å²) < 4.78 is 20.0. The minimum atomic E-state index is -0.482. The van der Waals surface area contributed by atoms with Crippen molar-refractivity contribution < 1.29 is 57.9 Å². The van der Waals surface area contributed by atoms with Gasteiger partial charge in [-0.1, -0.05) is 12.2 Å². The minimum absolute atomic E-state index is 0.0792. The van der Waals surface area contributed by atoms with E-state index in [4.69, 9.17) is 34.9 Å². The number of aliphatic hydroxyl groups is 2. The number of ether oxygens (including phenoxy) is 4. The number of carbonyl (C=O) groups excluding carboxylic acids is 6. The SMILES string of the molecule is CC(C)(C)OC(=O)NCC/C=C/C=O.CC(C)(C)OC(=O)NCCC=O.CC(C)(C)OC(=O)NCCCO.CN(C)/N=C/C=C/CCNC(=O)OC(C)(C)C.NCCCO. The number of alkyl carbamates (subject to hydrolysis) is 4. The van der Waals surface area contributed by atoms with Crippen LogP contribution in [0.3, 0.4) is 0 Å². The summed E-state index contributed by atoms with van der Waals surface area (Å²) in [5, 5.41) is 32.3. The van der Waals surface area contributed by atoms with Crippen LogP contribution in [0.25, 0.3) is 0 Å². The topological polar surface area (TPSA) is 270 Å². The Morgan fingerprint density at radius 1 is 0.567 bits per heavy atom. The Morgan fingerprint density at radius 2 is 0.900 bits per heavy atom. The van der Waals surface area contributed by atoms with E-state index in [0.29, 0.717) is 58.3 Å². The van der Waals surface area contributed by atoms with E-state index in [-0.39, 0.29) is 19.3 Å². The largest absolute Gasteiger partial charge is 0.444 e. The quantitative estimate of drug-likeness (QED) is 0.0254. The molecule has 8 N–H and O–H groups in total. The Morgan fingerprint density at radius 3 is 1.17 bits per heavy atom. The van der Waals surface area contributed by atoms with Gasteiger partial charge in [0.05, 0.1) is 0 Å². The van der Waals surface area contributed by atoms with Gasteiger partial charge in [-0.25, -0.2) is 19.2 Å². The maximum absolute atomic E-state index is 11.2. The summed E-state index contributed by atoms with van der Waals surface area (Å²) in [5.41, 5.74) is 3.13. The monoisotopic (exact) mass is 864 g/mol. The predicted octanol–water partition coefficient (Wildman–Crippen LogP) is 4.98. The van der Waals surface area contributed by atoms with Gasteiger partial charge < -0.3 is 66.0 Å². The van der Waals surface area contributed by atoms with Crippen LogP contribution >= 0.6 is 0 Å². The fraction of sp³-hybridized carbons (Fsp3) is 0.732. The van der Waals surface area contributed by atoms with Gasteiger partial charge in [0.15, 0.2) is 0 Å². The molecule has 0 bridgehead atoms. The molecule has 0 saturated carbocycles. The average molecular weight is 864 g/mol. The first kappa shape index (κ1) is 64.4. The Kier molecular flexibility index (Phi) is 42.6. The van der Waals surface area contributed by atoms with Crippen LogP contribution in [0.5, 0.6) is 0 Å². The molecule has 0 rings (SSSR count). The summed E-state index contributed by atoms with van der Waals surface area (Å²) in [5.74, 6) is 0. The van der Waals surface area contributed by atoms with Crippen LogP contribution < -0.4 is 27.0 Å². The number of hydrogen-bond donors (Lipinski definition) is 7. The van der Waals surface area contributed by atoms with E-state index in [1.807, 2.05) is 47.0 Å². The van der Waals surface area contributed by atoms with Gasteiger partial charge in [0.2, 0.25) is 0 Å². The number of hydrogen-bond acceptors (Lipinski definition) is 15. The van der Waals surface area contributed by atoms with Crippen LogP contribution in [0, 0.1) is 0 Å². The number of allylic oxidation sites excluding steroid dienone is 2. The second-order valence-electron chi connectivity index (χ2n) is 16.3. The van der Waals surface area contributed by atoms with Crippen LogP contribution in [0.2, 0.25) is 0 Å². The van der Waals surface area contributed by atoms with Crippen LogP contribution in [-0.2, 0) is 28.5 Å². The lowest BCUT2D eigenvalue weighted by Crippen LogP contribution is -2.33. The van der Waals surface area contributed by atoms with Gasteiger partial charge in [-0.05, 0) is 127 Å². The van der Waals surface area contributed by atoms with Gasteiger partial charge in [0, 0.05) is 66.1 Å². The molecule has 0 aliphatic rings. The molecule has 19 nitrogen and oxygen atoms in total. The second kappa shape index (κ2) is 39.7. The molecule has 0 spiro atoms. The minimum Gasteiger partial charge on any atom is -0.444 e. The maximum Gasteiger partial charge on any atom is 0.407 e. The Hall–Kier alpha value is -4.75. The van der Waals surface area contributed by atoms with Crippen molar-refractivity contribution in [3.63, 3.8) is 0 Å². The number of hydrazone groups is 1. The molecule has 0 unspecified atom stereocenters. The fourth-order valence-electron chi connectivity index (χ4n) is 2.85. The zero-order valence-electron chi connectivity index (χ0n) is 39.0. The first-order valence-corrected chi connectivity index (χ1v) is 19.8. The number of aliphatic hydroxyl groups excluding tert-OH is 2. The standard InChI is InChI=1S/C12H23N3O2.C10H17NO3.C8H17NO3.C8H15NO3.C3H9NO/c1-12(2,3)17-11(16)13-9-7-6-8-10-14-15(4)5;1-10(2,3)14-9(13)11-7-5-4-6-8-12;2*1-8(2,3)12-7(11)9-5-4-6-10;4-2-1-3-5/h6,8,10H,7,9H2,1-5H3,(H,13,16);4,6,8H,5,7H2,1-3H3,(H,11,13);10H,4-6H2,1-3H3,(H,9,11);6H,4-5H2,1-3H3,(H,9,11);5H,1-4H2/b8-6+,14-10+;6-4+;;;. The summed E-state index contributed by atoms with van der Waals surface area (Å²) in [6, 6.07) is 0. The molecular weight excluding hydrogens is 782 g/mol. The van der Waals surface area contributed by atoms with Gasteiger partial charge >= 0.3 is 24.4 Å². The molecule has 19 heteroatoms. The van der Waals surface area contributed by atoms with Crippen molar-refractivity contribution >= 4 is 43.2 Å². The Bertz CT molecular complexity index is 1200. The lowest BCUT2D eigenvalue weighted by Gasteiger charge is -2.19. The van der Waals surface area contributed by atoms with Crippen molar-refractivity contribution in [2.45, 2.75) is 138 Å². The molecular formula is C41H81N7O12. The molecule has 0 aliphatic heterocycles. The Balaban J connectivity index is -0.000000217. The smallest absolute Gasteiger partial charge is 0.407 e. The van der Waals surface area contributed by atoms with Gasteiger partial charge in [0.1, 0.15) is 35.0 Å². The summed E-state index contributed by atoms with van der Waals surface area (Å²) >= 11 is 0. The van der Waals surface area contributed by atoms with Crippen molar-refractivity contribution in [3.05, 3.63) is 24.3 Å². The third-order valence-electron chi connectivity index (χ3n) is 4.99. The van der Waals surface area contributed by atoms with Crippen LogP contribution in [0.4, 0.5) is 19.2 Å². The Labute approximate surface area is 359 Å². The number of nitrogens with one attached hydrogen (secondary N) is 4. The highest BCUT2D eigenvalue weighted by atomic mass is 16.6. The third-order valence-corrected chi connectivity index (χ3v) is 4.99.